The second-order valence-electron chi connectivity index (χ2n) is 16.8. The van der Waals surface area contributed by atoms with Crippen LogP contribution in [0.25, 0.3) is 4.85 Å². The van der Waals surface area contributed by atoms with E-state index in [-0.39, 0.29) is 35.0 Å². The second kappa shape index (κ2) is 11.9. The molecule has 1 aromatic carbocycles. The molecule has 1 aromatic heterocycles. The molecular weight excluding hydrogens is 638 g/mol. The zero-order valence-electron chi connectivity index (χ0n) is 29.5. The minimum absolute atomic E-state index is 0.00231. The highest BCUT2D eigenvalue weighted by Crippen LogP contribution is 2.59. The number of carbonyl (C=O) groups excluding carboxylic acids is 2. The van der Waals surface area contributed by atoms with Gasteiger partial charge >= 0.3 is 6.09 Å². The first-order valence-corrected chi connectivity index (χ1v) is 17.8. The molecule has 2 aliphatic carbocycles. The number of halogens is 1. The summed E-state index contributed by atoms with van der Waals surface area (Å²) in [5, 5.41) is 0.370. The van der Waals surface area contributed by atoms with Crippen molar-refractivity contribution in [3.8, 4) is 17.6 Å². The summed E-state index contributed by atoms with van der Waals surface area (Å²) in [4.78, 5) is 41.0. The van der Waals surface area contributed by atoms with Crippen LogP contribution >= 0.6 is 11.6 Å². The summed E-state index contributed by atoms with van der Waals surface area (Å²) >= 11 is 6.28. The van der Waals surface area contributed by atoms with Crippen molar-refractivity contribution in [2.75, 3.05) is 26.2 Å². The van der Waals surface area contributed by atoms with E-state index in [4.69, 9.17) is 32.6 Å². The predicted octanol–water partition coefficient (Wildman–Crippen LogP) is 7.05. The highest BCUT2D eigenvalue weighted by molar-refractivity contribution is 6.33. The van der Waals surface area contributed by atoms with Crippen molar-refractivity contribution in [3.63, 3.8) is 0 Å². The van der Waals surface area contributed by atoms with Gasteiger partial charge in [0.2, 0.25) is 5.69 Å². The van der Waals surface area contributed by atoms with Crippen molar-refractivity contribution in [2.45, 2.75) is 91.6 Å². The van der Waals surface area contributed by atoms with Gasteiger partial charge in [0.1, 0.15) is 23.1 Å². The van der Waals surface area contributed by atoms with Crippen LogP contribution in [0.2, 0.25) is 5.02 Å². The zero-order valence-corrected chi connectivity index (χ0v) is 30.3. The lowest BCUT2D eigenvalue weighted by Gasteiger charge is -2.65. The Balaban J connectivity index is 0.931. The number of pyridine rings is 1. The summed E-state index contributed by atoms with van der Waals surface area (Å²) in [6.45, 7) is 25.7. The normalized spacial score (nSPS) is 29.6. The number of benzene rings is 1. The number of fused-ring (bicyclic) bond motifs is 2. The van der Waals surface area contributed by atoms with Crippen LogP contribution in [0.4, 0.5) is 10.5 Å². The maximum atomic E-state index is 13.7. The number of likely N-dealkylation sites (tertiary alicyclic amines) is 2. The fraction of sp³-hybridized carbons (Fsp3) is 0.590. The Bertz CT molecular complexity index is 1760. The molecule has 9 nitrogen and oxygen atoms in total. The van der Waals surface area contributed by atoms with Gasteiger partial charge in [0.25, 0.3) is 5.91 Å². The van der Waals surface area contributed by atoms with Gasteiger partial charge in [-0.1, -0.05) is 51.3 Å². The first-order chi connectivity index (χ1) is 23.0. The fourth-order valence-electron chi connectivity index (χ4n) is 9.47. The van der Waals surface area contributed by atoms with E-state index in [9.17, 15) is 9.59 Å². The van der Waals surface area contributed by atoms with Gasteiger partial charge in [-0.15, -0.1) is 0 Å². The quantitative estimate of drug-likeness (QED) is 0.254. The van der Waals surface area contributed by atoms with E-state index < -0.39 is 5.60 Å². The number of aromatic nitrogens is 1. The molecule has 7 rings (SSSR count). The van der Waals surface area contributed by atoms with Crippen LogP contribution in [0.5, 0.6) is 5.75 Å². The number of ether oxygens (including phenoxy) is 2. The number of hydrogen-bond acceptors (Lipinski definition) is 6. The molecule has 3 aliphatic heterocycles. The van der Waals surface area contributed by atoms with Crippen molar-refractivity contribution < 1.29 is 19.1 Å². The third kappa shape index (κ3) is 6.04. The summed E-state index contributed by atoms with van der Waals surface area (Å²) in [5.74, 6) is 8.78. The number of carbonyl (C=O) groups is 2. The third-order valence-corrected chi connectivity index (χ3v) is 11.7. The molecule has 5 aliphatic rings. The maximum absolute atomic E-state index is 13.7. The van der Waals surface area contributed by atoms with Crippen molar-refractivity contribution >= 4 is 29.3 Å². The number of nitrogens with zero attached hydrogens (tertiary/aromatic N) is 5. The molecule has 2 atom stereocenters. The highest BCUT2D eigenvalue weighted by Gasteiger charge is 2.67. The topological polar surface area (TPSA) is 79.6 Å². The van der Waals surface area contributed by atoms with E-state index in [1.165, 1.54) is 0 Å². The Kier molecular flexibility index (Phi) is 8.20. The SMILES string of the molecule is [C-]#[N+]c1ccc(OC2C(C)(C)C(N3Cc4nc(C#CC5CC(N6CC7CN(C(=O)OC(C)(C)C)CC7C6)C5)ccc4C3=O)C2(C)C)cc1Cl. The van der Waals surface area contributed by atoms with Gasteiger partial charge in [0.15, 0.2) is 0 Å². The molecule has 0 spiro atoms. The van der Waals surface area contributed by atoms with Crippen molar-refractivity contribution in [1.82, 2.24) is 19.7 Å². The van der Waals surface area contributed by atoms with E-state index in [2.05, 4.69) is 49.3 Å². The summed E-state index contributed by atoms with van der Waals surface area (Å²) in [5.41, 5.74) is 1.41. The van der Waals surface area contributed by atoms with Crippen molar-refractivity contribution in [2.24, 2.45) is 28.6 Å². The van der Waals surface area contributed by atoms with E-state index >= 15 is 0 Å². The molecule has 2 aromatic rings. The van der Waals surface area contributed by atoms with E-state index in [1.54, 1.807) is 18.2 Å². The predicted molar refractivity (Wildman–Crippen MR) is 187 cm³/mol. The van der Waals surface area contributed by atoms with Crippen LogP contribution < -0.4 is 4.74 Å². The van der Waals surface area contributed by atoms with Gasteiger partial charge < -0.3 is 19.3 Å². The molecule has 2 amide bonds. The van der Waals surface area contributed by atoms with Gasteiger partial charge in [-0.05, 0) is 75.6 Å². The van der Waals surface area contributed by atoms with Gasteiger partial charge in [-0.25, -0.2) is 14.6 Å². The van der Waals surface area contributed by atoms with Crippen LogP contribution in [0.3, 0.4) is 0 Å². The number of amides is 2. The van der Waals surface area contributed by atoms with Crippen LogP contribution in [-0.2, 0) is 11.3 Å². The minimum Gasteiger partial charge on any atom is -0.489 e. The van der Waals surface area contributed by atoms with Gasteiger partial charge in [0.05, 0.1) is 29.4 Å². The van der Waals surface area contributed by atoms with Crippen molar-refractivity contribution in [1.29, 1.82) is 0 Å². The van der Waals surface area contributed by atoms with Gasteiger partial charge in [-0.2, -0.15) is 0 Å². The Morgan fingerprint density at radius 3 is 2.33 bits per heavy atom. The smallest absolute Gasteiger partial charge is 0.410 e. The molecule has 0 radical (unpaired) electrons. The Hall–Kier alpha value is -3.79. The monoisotopic (exact) mass is 683 g/mol. The average molecular weight is 684 g/mol. The lowest BCUT2D eigenvalue weighted by molar-refractivity contribution is -0.199. The fourth-order valence-corrected chi connectivity index (χ4v) is 9.68. The zero-order chi connectivity index (χ0) is 35.0. The van der Waals surface area contributed by atoms with Crippen LogP contribution in [0.1, 0.15) is 83.1 Å². The largest absolute Gasteiger partial charge is 0.489 e. The molecule has 2 saturated heterocycles. The molecule has 49 heavy (non-hydrogen) atoms. The molecule has 4 heterocycles. The summed E-state index contributed by atoms with van der Waals surface area (Å²) < 4.78 is 12.0. The minimum atomic E-state index is -0.466. The standard InChI is InChI=1S/C39H46ClN5O4/c1-37(2,3)49-36(47)44-20-24-18-43(19-25(24)21-44)27-15-23(16-27)9-10-26-11-13-29-32(42-26)22-45(33(29)46)34-38(4,5)35(39(34,6)7)48-28-12-14-31(41-8)30(40)17-28/h11-14,17,23-25,27,34-35H,15-16,18-22H2,1-7H3. The molecule has 2 saturated carbocycles. The van der Waals surface area contributed by atoms with E-state index in [1.807, 2.05) is 42.7 Å². The average Bonchev–Trinajstić information content (AvgIpc) is 3.66. The van der Waals surface area contributed by atoms with Crippen LogP contribution in [0, 0.1) is 47.0 Å². The van der Waals surface area contributed by atoms with E-state index in [0.29, 0.717) is 58.1 Å². The number of rotatable bonds is 4. The molecule has 0 bridgehead atoms. The van der Waals surface area contributed by atoms with Gasteiger partial charge in [0, 0.05) is 55.0 Å². The maximum Gasteiger partial charge on any atom is 0.410 e. The molecule has 4 fully saturated rings. The molecule has 0 N–H and O–H groups in total. The highest BCUT2D eigenvalue weighted by atomic mass is 35.5. The lowest BCUT2D eigenvalue weighted by Crippen LogP contribution is -2.74. The van der Waals surface area contributed by atoms with Crippen LogP contribution in [0.15, 0.2) is 30.3 Å². The van der Waals surface area contributed by atoms with E-state index in [0.717, 1.165) is 44.7 Å². The van der Waals surface area contributed by atoms with Crippen molar-refractivity contribution in [3.05, 3.63) is 63.7 Å². The molecular formula is C39H46ClN5O4. The summed E-state index contributed by atoms with van der Waals surface area (Å²) in [6, 6.07) is 9.41. The molecule has 258 valence electrons. The Morgan fingerprint density at radius 2 is 1.71 bits per heavy atom. The third-order valence-electron chi connectivity index (χ3n) is 11.4. The lowest BCUT2D eigenvalue weighted by atomic mass is 9.49. The van der Waals surface area contributed by atoms with Crippen LogP contribution in [-0.4, -0.2) is 81.7 Å². The van der Waals surface area contributed by atoms with Gasteiger partial charge in [-0.3, -0.25) is 9.69 Å². The summed E-state index contributed by atoms with van der Waals surface area (Å²) in [7, 11) is 0. The Labute approximate surface area is 295 Å². The molecule has 2 unspecified atom stereocenters. The molecule has 10 heteroatoms. The summed E-state index contributed by atoms with van der Waals surface area (Å²) in [6.07, 6.45) is 1.77. The number of hydrogen-bond donors (Lipinski definition) is 0. The second-order valence-corrected chi connectivity index (χ2v) is 17.3. The Morgan fingerprint density at radius 1 is 1.04 bits per heavy atom. The first-order valence-electron chi connectivity index (χ1n) is 17.4. The first kappa shape index (κ1) is 33.7.